The zero-order valence-electron chi connectivity index (χ0n) is 12.6. The number of thioether (sulfide) groups is 1. The SMILES string of the molecule is C[C@H]1Sc2nnc(-c3ccc(Cl)cc3)n2N=C1c1ccc(F)cc1. The summed E-state index contributed by atoms with van der Waals surface area (Å²) < 4.78 is 14.9. The highest BCUT2D eigenvalue weighted by atomic mass is 35.5. The van der Waals surface area contributed by atoms with Crippen LogP contribution in [0.5, 0.6) is 0 Å². The van der Waals surface area contributed by atoms with Gasteiger partial charge < -0.3 is 0 Å². The smallest absolute Gasteiger partial charge is 0.207 e. The zero-order valence-corrected chi connectivity index (χ0v) is 14.2. The number of rotatable bonds is 2. The molecular weight excluding hydrogens is 347 g/mol. The number of benzene rings is 2. The molecule has 7 heteroatoms. The minimum atomic E-state index is -0.262. The number of hydrogen-bond donors (Lipinski definition) is 0. The van der Waals surface area contributed by atoms with Crippen molar-refractivity contribution in [2.45, 2.75) is 17.3 Å². The van der Waals surface area contributed by atoms with Crippen molar-refractivity contribution in [3.05, 3.63) is 64.9 Å². The minimum Gasteiger partial charge on any atom is -0.207 e. The van der Waals surface area contributed by atoms with Crippen molar-refractivity contribution >= 4 is 29.1 Å². The number of aromatic nitrogens is 3. The van der Waals surface area contributed by atoms with Crippen molar-refractivity contribution in [3.63, 3.8) is 0 Å². The lowest BCUT2D eigenvalue weighted by Gasteiger charge is -2.19. The van der Waals surface area contributed by atoms with Crippen LogP contribution in [0.15, 0.2) is 58.8 Å². The first kappa shape index (κ1) is 15.4. The van der Waals surface area contributed by atoms with Crippen molar-refractivity contribution in [2.24, 2.45) is 5.10 Å². The highest BCUT2D eigenvalue weighted by molar-refractivity contribution is 8.00. The van der Waals surface area contributed by atoms with Gasteiger partial charge >= 0.3 is 0 Å². The van der Waals surface area contributed by atoms with Gasteiger partial charge in [0, 0.05) is 10.6 Å². The molecule has 0 amide bonds. The lowest BCUT2D eigenvalue weighted by Crippen LogP contribution is -2.21. The molecule has 0 saturated carbocycles. The van der Waals surface area contributed by atoms with Crippen molar-refractivity contribution < 1.29 is 4.39 Å². The Morgan fingerprint density at radius 3 is 2.38 bits per heavy atom. The predicted molar refractivity (Wildman–Crippen MR) is 94.1 cm³/mol. The summed E-state index contributed by atoms with van der Waals surface area (Å²) in [6.07, 6.45) is 0. The van der Waals surface area contributed by atoms with E-state index < -0.39 is 0 Å². The highest BCUT2D eigenvalue weighted by Crippen LogP contribution is 2.33. The molecule has 0 spiro atoms. The largest absolute Gasteiger partial charge is 0.213 e. The molecule has 0 unspecified atom stereocenters. The Morgan fingerprint density at radius 1 is 1.00 bits per heavy atom. The maximum atomic E-state index is 13.2. The summed E-state index contributed by atoms with van der Waals surface area (Å²) in [5, 5.41) is 14.7. The summed E-state index contributed by atoms with van der Waals surface area (Å²) in [6, 6.07) is 13.7. The average molecular weight is 359 g/mol. The summed E-state index contributed by atoms with van der Waals surface area (Å²) >= 11 is 7.52. The monoisotopic (exact) mass is 358 g/mol. The number of halogens is 2. The Balaban J connectivity index is 1.81. The lowest BCUT2D eigenvalue weighted by molar-refractivity contribution is 0.627. The summed E-state index contributed by atoms with van der Waals surface area (Å²) in [7, 11) is 0. The molecule has 0 N–H and O–H groups in total. The van der Waals surface area contributed by atoms with Crippen LogP contribution < -0.4 is 0 Å². The van der Waals surface area contributed by atoms with Crippen molar-refractivity contribution in [2.75, 3.05) is 0 Å². The number of fused-ring (bicyclic) bond motifs is 1. The Hall–Kier alpha value is -2.18. The van der Waals surface area contributed by atoms with E-state index in [4.69, 9.17) is 16.7 Å². The van der Waals surface area contributed by atoms with Crippen molar-refractivity contribution in [1.29, 1.82) is 0 Å². The van der Waals surface area contributed by atoms with Crippen LogP contribution in [0.4, 0.5) is 4.39 Å². The molecule has 0 fully saturated rings. The fraction of sp³-hybridized carbons (Fsp3) is 0.118. The normalized spacial score (nSPS) is 16.6. The molecule has 1 aliphatic heterocycles. The van der Waals surface area contributed by atoms with Gasteiger partial charge in [0.2, 0.25) is 5.16 Å². The van der Waals surface area contributed by atoms with E-state index in [9.17, 15) is 4.39 Å². The Labute approximate surface area is 147 Å². The third-order valence-electron chi connectivity index (χ3n) is 3.73. The van der Waals surface area contributed by atoms with Crippen molar-refractivity contribution in [3.8, 4) is 11.4 Å². The van der Waals surface area contributed by atoms with Crippen LogP contribution in [-0.4, -0.2) is 25.8 Å². The molecule has 1 aliphatic rings. The Kier molecular flexibility index (Phi) is 3.86. The van der Waals surface area contributed by atoms with Gasteiger partial charge in [-0.15, -0.1) is 10.2 Å². The molecule has 1 aromatic heterocycles. The predicted octanol–water partition coefficient (Wildman–Crippen LogP) is 4.48. The van der Waals surface area contributed by atoms with Crippen molar-refractivity contribution in [1.82, 2.24) is 14.9 Å². The molecule has 24 heavy (non-hydrogen) atoms. The average Bonchev–Trinajstić information content (AvgIpc) is 2.98. The quantitative estimate of drug-likeness (QED) is 0.678. The molecule has 4 rings (SSSR count). The van der Waals surface area contributed by atoms with Crippen LogP contribution in [0, 0.1) is 5.82 Å². The molecule has 0 radical (unpaired) electrons. The van der Waals surface area contributed by atoms with E-state index in [0.29, 0.717) is 10.8 Å². The second-order valence-electron chi connectivity index (χ2n) is 5.38. The standard InChI is InChI=1S/C17H12ClFN4S/c1-10-15(11-4-8-14(19)9-5-11)22-23-16(20-21-17(23)24-10)12-2-6-13(18)7-3-12/h2-10H,1H3/t10-/m1/s1. The first-order valence-electron chi connectivity index (χ1n) is 7.34. The fourth-order valence-electron chi connectivity index (χ4n) is 2.52. The Bertz CT molecular complexity index is 919. The van der Waals surface area contributed by atoms with E-state index in [1.807, 2.05) is 31.2 Å². The minimum absolute atomic E-state index is 0.102. The Morgan fingerprint density at radius 2 is 1.67 bits per heavy atom. The van der Waals surface area contributed by atoms with E-state index in [-0.39, 0.29) is 11.1 Å². The summed E-state index contributed by atoms with van der Waals surface area (Å²) in [5.74, 6) is 0.392. The summed E-state index contributed by atoms with van der Waals surface area (Å²) in [4.78, 5) is 0. The molecule has 4 nitrogen and oxygen atoms in total. The van der Waals surface area contributed by atoms with Crippen LogP contribution in [0.2, 0.25) is 5.02 Å². The molecule has 3 aromatic rings. The highest BCUT2D eigenvalue weighted by Gasteiger charge is 2.26. The first-order chi connectivity index (χ1) is 11.6. The van der Waals surface area contributed by atoms with Gasteiger partial charge in [0.15, 0.2) is 5.82 Å². The summed E-state index contributed by atoms with van der Waals surface area (Å²) in [6.45, 7) is 2.05. The van der Waals surface area contributed by atoms with Crippen LogP contribution in [0.25, 0.3) is 11.4 Å². The zero-order chi connectivity index (χ0) is 16.7. The fourth-order valence-corrected chi connectivity index (χ4v) is 3.58. The van der Waals surface area contributed by atoms with E-state index >= 15 is 0 Å². The topological polar surface area (TPSA) is 43.1 Å². The maximum absolute atomic E-state index is 13.2. The van der Waals surface area contributed by atoms with E-state index in [0.717, 1.165) is 22.0 Å². The van der Waals surface area contributed by atoms with Gasteiger partial charge in [-0.25, -0.2) is 4.39 Å². The van der Waals surface area contributed by atoms with E-state index in [1.165, 1.54) is 12.1 Å². The van der Waals surface area contributed by atoms with Crippen LogP contribution in [0.3, 0.4) is 0 Å². The van der Waals surface area contributed by atoms with Gasteiger partial charge in [0.25, 0.3) is 0 Å². The van der Waals surface area contributed by atoms with Gasteiger partial charge in [0.1, 0.15) is 5.82 Å². The summed E-state index contributed by atoms with van der Waals surface area (Å²) in [5.41, 5.74) is 2.64. The molecule has 2 aromatic carbocycles. The van der Waals surface area contributed by atoms with Gasteiger partial charge in [-0.3, -0.25) is 0 Å². The molecular formula is C17H12ClFN4S. The second kappa shape index (κ2) is 6.03. The van der Waals surface area contributed by atoms with Crippen LogP contribution in [-0.2, 0) is 0 Å². The third kappa shape index (κ3) is 2.72. The van der Waals surface area contributed by atoms with E-state index in [2.05, 4.69) is 10.2 Å². The van der Waals surface area contributed by atoms with Gasteiger partial charge in [-0.05, 0) is 48.9 Å². The molecule has 120 valence electrons. The van der Waals surface area contributed by atoms with Crippen LogP contribution >= 0.6 is 23.4 Å². The molecule has 2 heterocycles. The molecule has 0 bridgehead atoms. The van der Waals surface area contributed by atoms with Gasteiger partial charge in [-0.1, -0.05) is 35.5 Å². The lowest BCUT2D eigenvalue weighted by atomic mass is 10.1. The second-order valence-corrected chi connectivity index (χ2v) is 7.12. The molecule has 0 aliphatic carbocycles. The molecule has 1 atom stereocenters. The molecule has 0 saturated heterocycles. The number of hydrogen-bond acceptors (Lipinski definition) is 4. The van der Waals surface area contributed by atoms with E-state index in [1.54, 1.807) is 28.6 Å². The van der Waals surface area contributed by atoms with Gasteiger partial charge in [-0.2, -0.15) is 9.78 Å². The number of nitrogens with zero attached hydrogens (tertiary/aromatic N) is 4. The maximum Gasteiger partial charge on any atom is 0.213 e. The van der Waals surface area contributed by atoms with Gasteiger partial charge in [0.05, 0.1) is 11.0 Å². The van der Waals surface area contributed by atoms with Crippen LogP contribution in [0.1, 0.15) is 12.5 Å². The first-order valence-corrected chi connectivity index (χ1v) is 8.60. The third-order valence-corrected chi connectivity index (χ3v) is 5.02.